The van der Waals surface area contributed by atoms with Crippen LogP contribution < -0.4 is 24.4 Å². The first-order chi connectivity index (χ1) is 14.4. The van der Waals surface area contributed by atoms with Gasteiger partial charge >= 0.3 is 0 Å². The molecule has 7 nitrogen and oxygen atoms in total. The molecule has 156 valence electrons. The summed E-state index contributed by atoms with van der Waals surface area (Å²) < 4.78 is 16.7. The number of methoxy groups -OCH3 is 2. The molecule has 2 amide bonds. The van der Waals surface area contributed by atoms with E-state index in [0.717, 1.165) is 0 Å². The van der Waals surface area contributed by atoms with Gasteiger partial charge in [-0.1, -0.05) is 0 Å². The predicted octanol–water partition coefficient (Wildman–Crippen LogP) is 3.70. The summed E-state index contributed by atoms with van der Waals surface area (Å²) in [5.74, 6) is 0.559. The Bertz CT molecular complexity index is 1040. The number of anilines is 1. The highest BCUT2D eigenvalue weighted by Crippen LogP contribution is 2.37. The first-order valence-corrected chi connectivity index (χ1v) is 10.2. The monoisotopic (exact) mass is 490 g/mol. The van der Waals surface area contributed by atoms with Gasteiger partial charge in [-0.15, -0.1) is 0 Å². The van der Waals surface area contributed by atoms with Crippen LogP contribution in [-0.2, 0) is 9.59 Å². The Hall–Kier alpha value is -2.91. The van der Waals surface area contributed by atoms with Crippen molar-refractivity contribution in [1.29, 1.82) is 0 Å². The van der Waals surface area contributed by atoms with E-state index in [1.807, 2.05) is 6.92 Å². The van der Waals surface area contributed by atoms with Gasteiger partial charge in [-0.05, 0) is 83.1 Å². The summed E-state index contributed by atoms with van der Waals surface area (Å²) in [7, 11) is 3.07. The molecule has 1 fully saturated rings. The lowest BCUT2D eigenvalue weighted by Gasteiger charge is -2.29. The van der Waals surface area contributed by atoms with Crippen LogP contribution in [0.2, 0.25) is 0 Å². The molecule has 3 rings (SSSR count). The Morgan fingerprint density at radius 3 is 2.43 bits per heavy atom. The molecule has 0 radical (unpaired) electrons. The van der Waals surface area contributed by atoms with Crippen molar-refractivity contribution in [2.24, 2.45) is 0 Å². The lowest BCUT2D eigenvalue weighted by Crippen LogP contribution is -2.54. The summed E-state index contributed by atoms with van der Waals surface area (Å²) >= 11 is 8.66. The molecular weight excluding hydrogens is 472 g/mol. The average molecular weight is 491 g/mol. The fraction of sp³-hybridized carbons (Fsp3) is 0.190. The Balaban J connectivity index is 2.01. The van der Waals surface area contributed by atoms with Gasteiger partial charge in [0.05, 0.1) is 31.0 Å². The summed E-state index contributed by atoms with van der Waals surface area (Å²) in [6.45, 7) is 2.33. The molecule has 30 heavy (non-hydrogen) atoms. The number of thiocarbonyl (C=S) groups is 1. The third-order valence-electron chi connectivity index (χ3n) is 4.28. The highest BCUT2D eigenvalue weighted by molar-refractivity contribution is 9.10. The molecule has 0 unspecified atom stereocenters. The van der Waals surface area contributed by atoms with Gasteiger partial charge in [0, 0.05) is 0 Å². The van der Waals surface area contributed by atoms with Crippen molar-refractivity contribution in [1.82, 2.24) is 5.32 Å². The van der Waals surface area contributed by atoms with Crippen LogP contribution in [0.15, 0.2) is 46.4 Å². The minimum atomic E-state index is -0.571. The van der Waals surface area contributed by atoms with Crippen LogP contribution in [0.25, 0.3) is 6.08 Å². The van der Waals surface area contributed by atoms with Crippen LogP contribution in [0.1, 0.15) is 12.5 Å². The van der Waals surface area contributed by atoms with Gasteiger partial charge < -0.3 is 14.2 Å². The molecule has 0 atom stereocenters. The Labute approximate surface area is 187 Å². The maximum Gasteiger partial charge on any atom is 0.270 e. The Kier molecular flexibility index (Phi) is 6.73. The van der Waals surface area contributed by atoms with Gasteiger partial charge in [0.25, 0.3) is 11.8 Å². The summed E-state index contributed by atoms with van der Waals surface area (Å²) in [6, 6.07) is 10.2. The number of carbonyl (C=O) groups is 2. The molecular formula is C21H19BrN2O5S. The fourth-order valence-corrected chi connectivity index (χ4v) is 3.75. The number of carbonyl (C=O) groups excluding carboxylic acids is 2. The van der Waals surface area contributed by atoms with Gasteiger partial charge in [0.2, 0.25) is 0 Å². The number of nitrogens with zero attached hydrogens (tertiary/aromatic N) is 1. The minimum absolute atomic E-state index is 0.0118. The van der Waals surface area contributed by atoms with Crippen molar-refractivity contribution >= 4 is 56.8 Å². The van der Waals surface area contributed by atoms with Crippen molar-refractivity contribution in [3.05, 3.63) is 52.0 Å². The number of rotatable bonds is 6. The number of ether oxygens (including phenoxy) is 3. The number of halogens is 1. The third-order valence-corrected chi connectivity index (χ3v) is 5.16. The summed E-state index contributed by atoms with van der Waals surface area (Å²) in [6.07, 6.45) is 1.49. The quantitative estimate of drug-likeness (QED) is 0.378. The van der Waals surface area contributed by atoms with E-state index < -0.39 is 11.8 Å². The highest BCUT2D eigenvalue weighted by Gasteiger charge is 2.34. The maximum atomic E-state index is 13.1. The topological polar surface area (TPSA) is 77.1 Å². The largest absolute Gasteiger partial charge is 0.497 e. The average Bonchev–Trinajstić information content (AvgIpc) is 2.73. The predicted molar refractivity (Wildman–Crippen MR) is 121 cm³/mol. The zero-order chi connectivity index (χ0) is 21.8. The van der Waals surface area contributed by atoms with Crippen LogP contribution in [-0.4, -0.2) is 37.8 Å². The second-order valence-electron chi connectivity index (χ2n) is 6.12. The van der Waals surface area contributed by atoms with Crippen molar-refractivity contribution in [3.8, 4) is 17.2 Å². The van der Waals surface area contributed by atoms with E-state index in [1.165, 1.54) is 18.1 Å². The summed E-state index contributed by atoms with van der Waals surface area (Å²) in [4.78, 5) is 26.9. The SMILES string of the molecule is CCOc1c(Br)cc(/C=C2/C(=O)NC(=S)N(c3ccc(OC)cc3)C2=O)cc1OC. The third kappa shape index (κ3) is 4.31. The molecule has 1 N–H and O–H groups in total. The Morgan fingerprint density at radius 1 is 1.13 bits per heavy atom. The molecule has 0 aromatic heterocycles. The van der Waals surface area contributed by atoms with Crippen molar-refractivity contribution in [2.45, 2.75) is 6.92 Å². The van der Waals surface area contributed by atoms with Crippen LogP contribution in [0.5, 0.6) is 17.2 Å². The normalized spacial score (nSPS) is 15.3. The molecule has 1 saturated heterocycles. The van der Waals surface area contributed by atoms with E-state index in [2.05, 4.69) is 21.2 Å². The first kappa shape index (κ1) is 21.8. The molecule has 0 aliphatic carbocycles. The van der Waals surface area contributed by atoms with Crippen molar-refractivity contribution in [2.75, 3.05) is 25.7 Å². The van der Waals surface area contributed by atoms with Gasteiger partial charge in [-0.3, -0.25) is 19.8 Å². The number of hydrogen-bond acceptors (Lipinski definition) is 6. The van der Waals surface area contributed by atoms with Gasteiger partial charge in [-0.25, -0.2) is 0 Å². The summed E-state index contributed by atoms with van der Waals surface area (Å²) in [5, 5.41) is 2.57. The number of nitrogens with one attached hydrogen (secondary N) is 1. The molecule has 0 bridgehead atoms. The molecule has 1 aliphatic heterocycles. The lowest BCUT2D eigenvalue weighted by molar-refractivity contribution is -0.122. The second-order valence-corrected chi connectivity index (χ2v) is 7.36. The first-order valence-electron chi connectivity index (χ1n) is 8.95. The fourth-order valence-electron chi connectivity index (χ4n) is 2.90. The zero-order valence-electron chi connectivity index (χ0n) is 16.5. The van der Waals surface area contributed by atoms with E-state index >= 15 is 0 Å². The highest BCUT2D eigenvalue weighted by atomic mass is 79.9. The molecule has 0 spiro atoms. The summed E-state index contributed by atoms with van der Waals surface area (Å²) in [5.41, 5.74) is 1.04. The molecule has 9 heteroatoms. The Morgan fingerprint density at radius 2 is 1.83 bits per heavy atom. The van der Waals surface area contributed by atoms with E-state index in [0.29, 0.717) is 39.6 Å². The maximum absolute atomic E-state index is 13.1. The molecule has 1 aliphatic rings. The molecule has 2 aromatic rings. The van der Waals surface area contributed by atoms with Crippen molar-refractivity contribution < 1.29 is 23.8 Å². The van der Waals surface area contributed by atoms with E-state index in [4.69, 9.17) is 26.4 Å². The molecule has 2 aromatic carbocycles. The van der Waals surface area contributed by atoms with Gasteiger partial charge in [0.15, 0.2) is 16.6 Å². The zero-order valence-corrected chi connectivity index (χ0v) is 18.9. The minimum Gasteiger partial charge on any atom is -0.497 e. The van der Waals surface area contributed by atoms with Crippen LogP contribution >= 0.6 is 28.1 Å². The van der Waals surface area contributed by atoms with E-state index in [1.54, 1.807) is 43.5 Å². The van der Waals surface area contributed by atoms with Gasteiger partial charge in [-0.2, -0.15) is 0 Å². The van der Waals surface area contributed by atoms with Crippen LogP contribution in [0.3, 0.4) is 0 Å². The number of amides is 2. The van der Waals surface area contributed by atoms with E-state index in [-0.39, 0.29) is 10.7 Å². The standard InChI is InChI=1S/C21H19BrN2O5S/c1-4-29-18-16(22)10-12(11-17(18)28-3)9-15-19(25)23-21(30)24(20(15)26)13-5-7-14(27-2)8-6-13/h5-11H,4H2,1-3H3,(H,23,25,30)/b15-9-. The van der Waals surface area contributed by atoms with Crippen LogP contribution in [0.4, 0.5) is 5.69 Å². The smallest absolute Gasteiger partial charge is 0.270 e. The molecule has 0 saturated carbocycles. The van der Waals surface area contributed by atoms with Crippen LogP contribution in [0, 0.1) is 0 Å². The number of hydrogen-bond donors (Lipinski definition) is 1. The van der Waals surface area contributed by atoms with E-state index in [9.17, 15) is 9.59 Å². The van der Waals surface area contributed by atoms with Crippen molar-refractivity contribution in [3.63, 3.8) is 0 Å². The number of benzene rings is 2. The second kappa shape index (κ2) is 9.27. The lowest BCUT2D eigenvalue weighted by atomic mass is 10.1. The van der Waals surface area contributed by atoms with Gasteiger partial charge in [0.1, 0.15) is 11.3 Å². The molecule has 1 heterocycles.